The molecule has 0 bridgehead atoms. The summed E-state index contributed by atoms with van der Waals surface area (Å²) < 4.78 is 16.2. The number of hydrogen-bond donors (Lipinski definition) is 1. The molecule has 7 heteroatoms. The highest BCUT2D eigenvalue weighted by atomic mass is 35.5. The maximum atomic E-state index is 12.3. The summed E-state index contributed by atoms with van der Waals surface area (Å²) in [5.74, 6) is 0.446. The van der Waals surface area contributed by atoms with E-state index in [2.05, 4.69) is 5.32 Å². The van der Waals surface area contributed by atoms with Gasteiger partial charge in [0.05, 0.1) is 10.6 Å². The van der Waals surface area contributed by atoms with Gasteiger partial charge in [-0.15, -0.1) is 0 Å². The van der Waals surface area contributed by atoms with Crippen molar-refractivity contribution in [2.75, 3.05) is 19.8 Å². The zero-order valence-electron chi connectivity index (χ0n) is 14.9. The fourth-order valence-corrected chi connectivity index (χ4v) is 3.56. The first-order valence-electron chi connectivity index (χ1n) is 9.12. The maximum absolute atomic E-state index is 12.3. The Morgan fingerprint density at radius 3 is 2.73 bits per heavy atom. The Morgan fingerprint density at radius 1 is 1.23 bits per heavy atom. The molecule has 0 radical (unpaired) electrons. The molecule has 1 saturated carbocycles. The summed E-state index contributed by atoms with van der Waals surface area (Å²) in [4.78, 5) is 24.5. The Balaban J connectivity index is 1.55. The van der Waals surface area contributed by atoms with Crippen LogP contribution in [0.3, 0.4) is 0 Å². The van der Waals surface area contributed by atoms with Crippen molar-refractivity contribution in [1.29, 1.82) is 0 Å². The highest BCUT2D eigenvalue weighted by molar-refractivity contribution is 6.32. The Labute approximate surface area is 158 Å². The molecule has 1 aromatic rings. The van der Waals surface area contributed by atoms with Crippen molar-refractivity contribution in [3.8, 4) is 11.5 Å². The summed E-state index contributed by atoms with van der Waals surface area (Å²) >= 11 is 6.13. The van der Waals surface area contributed by atoms with Crippen molar-refractivity contribution in [2.24, 2.45) is 5.92 Å². The molecule has 1 unspecified atom stereocenters. The van der Waals surface area contributed by atoms with Crippen LogP contribution < -0.4 is 14.8 Å². The summed E-state index contributed by atoms with van der Waals surface area (Å²) in [6.45, 7) is 3.00. The SMILES string of the molecule is CC(OC(=O)c1cc(Cl)c2c(c1)OCCO2)C(=O)NCC1CCCCC1. The summed E-state index contributed by atoms with van der Waals surface area (Å²) in [6, 6.07) is 2.99. The maximum Gasteiger partial charge on any atom is 0.339 e. The molecule has 0 spiro atoms. The molecule has 2 aliphatic rings. The highest BCUT2D eigenvalue weighted by Crippen LogP contribution is 2.38. The molecule has 1 aliphatic heterocycles. The monoisotopic (exact) mass is 381 g/mol. The first kappa shape index (κ1) is 18.8. The number of fused-ring (bicyclic) bond motifs is 1. The Morgan fingerprint density at radius 2 is 1.96 bits per heavy atom. The lowest BCUT2D eigenvalue weighted by atomic mass is 9.89. The second-order valence-electron chi connectivity index (χ2n) is 6.78. The number of rotatable bonds is 5. The van der Waals surface area contributed by atoms with Crippen molar-refractivity contribution < 1.29 is 23.8 Å². The summed E-state index contributed by atoms with van der Waals surface area (Å²) in [5, 5.41) is 3.16. The van der Waals surface area contributed by atoms with Crippen LogP contribution in [-0.2, 0) is 9.53 Å². The lowest BCUT2D eigenvalue weighted by molar-refractivity contribution is -0.129. The lowest BCUT2D eigenvalue weighted by Gasteiger charge is -2.23. The van der Waals surface area contributed by atoms with Gasteiger partial charge in [-0.3, -0.25) is 4.79 Å². The van der Waals surface area contributed by atoms with Crippen molar-refractivity contribution in [1.82, 2.24) is 5.32 Å². The largest absolute Gasteiger partial charge is 0.486 e. The van der Waals surface area contributed by atoms with Crippen molar-refractivity contribution in [3.05, 3.63) is 22.7 Å². The van der Waals surface area contributed by atoms with E-state index in [0.717, 1.165) is 12.8 Å². The number of benzene rings is 1. The van der Waals surface area contributed by atoms with Crippen LogP contribution in [0.2, 0.25) is 5.02 Å². The summed E-state index contributed by atoms with van der Waals surface area (Å²) in [7, 11) is 0. The zero-order valence-corrected chi connectivity index (χ0v) is 15.6. The van der Waals surface area contributed by atoms with E-state index < -0.39 is 12.1 Å². The number of carbonyl (C=O) groups is 2. The van der Waals surface area contributed by atoms with Crippen LogP contribution in [0, 0.1) is 5.92 Å². The topological polar surface area (TPSA) is 73.9 Å². The minimum atomic E-state index is -0.877. The number of amides is 1. The quantitative estimate of drug-likeness (QED) is 0.792. The van der Waals surface area contributed by atoms with Crippen LogP contribution in [0.4, 0.5) is 0 Å². The van der Waals surface area contributed by atoms with E-state index in [-0.39, 0.29) is 16.5 Å². The average Bonchev–Trinajstić information content (AvgIpc) is 2.66. The van der Waals surface area contributed by atoms with Gasteiger partial charge in [-0.2, -0.15) is 0 Å². The molecule has 1 atom stereocenters. The van der Waals surface area contributed by atoms with E-state index in [9.17, 15) is 9.59 Å². The predicted molar refractivity (Wildman–Crippen MR) is 96.9 cm³/mol. The highest BCUT2D eigenvalue weighted by Gasteiger charge is 2.24. The molecule has 142 valence electrons. The van der Waals surface area contributed by atoms with Gasteiger partial charge in [0.15, 0.2) is 17.6 Å². The molecule has 6 nitrogen and oxygen atoms in total. The van der Waals surface area contributed by atoms with Gasteiger partial charge in [-0.25, -0.2) is 4.79 Å². The lowest BCUT2D eigenvalue weighted by Crippen LogP contribution is -2.38. The molecule has 26 heavy (non-hydrogen) atoms. The Hall–Kier alpha value is -1.95. The standard InChI is InChI=1S/C19H24ClNO5/c1-12(18(22)21-11-13-5-3-2-4-6-13)26-19(23)14-9-15(20)17-16(10-14)24-7-8-25-17/h9-10,12-13H,2-8,11H2,1H3,(H,21,22). The van der Waals surface area contributed by atoms with Gasteiger partial charge in [0.1, 0.15) is 13.2 Å². The molecule has 1 aromatic carbocycles. The van der Waals surface area contributed by atoms with Crippen LogP contribution >= 0.6 is 11.6 Å². The molecule has 1 heterocycles. The van der Waals surface area contributed by atoms with Crippen molar-refractivity contribution in [3.63, 3.8) is 0 Å². The van der Waals surface area contributed by atoms with Crippen LogP contribution in [0.1, 0.15) is 49.4 Å². The van der Waals surface area contributed by atoms with E-state index in [0.29, 0.717) is 37.2 Å². The first-order valence-corrected chi connectivity index (χ1v) is 9.50. The third-order valence-corrected chi connectivity index (χ3v) is 5.06. The first-order chi connectivity index (χ1) is 12.5. The second-order valence-corrected chi connectivity index (χ2v) is 7.19. The number of carbonyl (C=O) groups excluding carboxylic acids is 2. The van der Waals surface area contributed by atoms with Crippen LogP contribution in [0.25, 0.3) is 0 Å². The molecule has 0 saturated heterocycles. The van der Waals surface area contributed by atoms with Crippen LogP contribution in [0.15, 0.2) is 12.1 Å². The predicted octanol–water partition coefficient (Wildman–Crippen LogP) is 3.35. The fraction of sp³-hybridized carbons (Fsp3) is 0.579. The minimum Gasteiger partial charge on any atom is -0.486 e. The van der Waals surface area contributed by atoms with E-state index in [1.54, 1.807) is 6.92 Å². The molecular formula is C19H24ClNO5. The Bertz CT molecular complexity index is 672. The molecular weight excluding hydrogens is 358 g/mol. The average molecular weight is 382 g/mol. The normalized spacial score (nSPS) is 18.1. The van der Waals surface area contributed by atoms with E-state index in [1.807, 2.05) is 0 Å². The summed E-state index contributed by atoms with van der Waals surface area (Å²) in [5.41, 5.74) is 0.228. The third kappa shape index (κ3) is 4.61. The van der Waals surface area contributed by atoms with E-state index in [4.69, 9.17) is 25.8 Å². The number of hydrogen-bond acceptors (Lipinski definition) is 5. The summed E-state index contributed by atoms with van der Waals surface area (Å²) in [6.07, 6.45) is 5.12. The number of ether oxygens (including phenoxy) is 3. The molecule has 3 rings (SSSR count). The smallest absolute Gasteiger partial charge is 0.339 e. The number of halogens is 1. The second kappa shape index (κ2) is 8.62. The molecule has 1 N–H and O–H groups in total. The molecule has 1 aliphatic carbocycles. The van der Waals surface area contributed by atoms with E-state index in [1.165, 1.54) is 31.4 Å². The minimum absolute atomic E-state index is 0.228. The van der Waals surface area contributed by atoms with Crippen molar-refractivity contribution >= 4 is 23.5 Å². The van der Waals surface area contributed by atoms with Gasteiger partial charge < -0.3 is 19.5 Å². The zero-order chi connectivity index (χ0) is 18.5. The molecule has 1 fully saturated rings. The number of nitrogens with one attached hydrogen (secondary N) is 1. The van der Waals surface area contributed by atoms with Gasteiger partial charge in [0, 0.05) is 6.54 Å². The molecule has 0 aromatic heterocycles. The fourth-order valence-electron chi connectivity index (χ4n) is 3.29. The van der Waals surface area contributed by atoms with Gasteiger partial charge in [-0.1, -0.05) is 30.9 Å². The van der Waals surface area contributed by atoms with Crippen LogP contribution in [-0.4, -0.2) is 37.7 Å². The number of esters is 1. The van der Waals surface area contributed by atoms with Crippen LogP contribution in [0.5, 0.6) is 11.5 Å². The Kier molecular flexibility index (Phi) is 6.25. The van der Waals surface area contributed by atoms with E-state index >= 15 is 0 Å². The molecule has 1 amide bonds. The van der Waals surface area contributed by atoms with Gasteiger partial charge in [0.2, 0.25) is 0 Å². The van der Waals surface area contributed by atoms with Crippen molar-refractivity contribution in [2.45, 2.75) is 45.1 Å². The van der Waals surface area contributed by atoms with Gasteiger partial charge in [0.25, 0.3) is 5.91 Å². The van der Waals surface area contributed by atoms with Gasteiger partial charge in [-0.05, 0) is 37.8 Å². The van der Waals surface area contributed by atoms with Gasteiger partial charge >= 0.3 is 5.97 Å². The third-order valence-electron chi connectivity index (χ3n) is 4.78.